The Bertz CT molecular complexity index is 9230. The molecule has 0 aliphatic heterocycles. The van der Waals surface area contributed by atoms with Gasteiger partial charge in [0.25, 0.3) is 0 Å². The maximum atomic E-state index is 2.47. The summed E-state index contributed by atoms with van der Waals surface area (Å²) in [6.07, 6.45) is 0. The summed E-state index contributed by atoms with van der Waals surface area (Å²) in [6.45, 7) is 4.79. The zero-order valence-electron chi connectivity index (χ0n) is 77.7. The van der Waals surface area contributed by atoms with Crippen LogP contribution in [0.25, 0.3) is 165 Å². The third-order valence-corrected chi connectivity index (χ3v) is 29.3. The van der Waals surface area contributed by atoms with Crippen LogP contribution in [0, 0.1) is 0 Å². The minimum atomic E-state index is -0.339. The van der Waals surface area contributed by atoms with Crippen LogP contribution in [0.1, 0.15) is 25.0 Å². The largest absolute Gasteiger partial charge is 0.310 e. The number of rotatable bonds is 19. The van der Waals surface area contributed by atoms with Gasteiger partial charge in [-0.25, -0.2) is 0 Å². The molecule has 0 atom stereocenters. The smallest absolute Gasteiger partial charge is 0.0547 e. The molecular formula is C133H92N8. The average Bonchev–Trinajstić information content (AvgIpc) is 1.65. The third kappa shape index (κ3) is 13.7. The molecule has 0 saturated carbocycles. The van der Waals surface area contributed by atoms with E-state index in [-0.39, 0.29) is 5.41 Å². The van der Waals surface area contributed by atoms with Gasteiger partial charge in [0.15, 0.2) is 0 Å². The van der Waals surface area contributed by atoms with E-state index >= 15 is 0 Å². The van der Waals surface area contributed by atoms with Gasteiger partial charge >= 0.3 is 0 Å². The summed E-state index contributed by atoms with van der Waals surface area (Å²) in [5.41, 5.74) is 38.3. The fraction of sp³-hybridized carbons (Fsp3) is 0.0226. The first-order valence-electron chi connectivity index (χ1n) is 48.6. The van der Waals surface area contributed by atoms with Crippen molar-refractivity contribution in [2.24, 2.45) is 0 Å². The van der Waals surface area contributed by atoms with Crippen molar-refractivity contribution in [3.05, 3.63) is 533 Å². The molecule has 0 N–H and O–H groups in total. The first-order valence-corrected chi connectivity index (χ1v) is 48.6. The lowest BCUT2D eigenvalue weighted by atomic mass is 9.82. The van der Waals surface area contributed by atoms with Crippen LogP contribution in [0.15, 0.2) is 522 Å². The van der Waals surface area contributed by atoms with E-state index in [9.17, 15) is 0 Å². The van der Waals surface area contributed by atoms with Gasteiger partial charge < -0.3 is 37.9 Å². The fourth-order valence-corrected chi connectivity index (χ4v) is 22.7. The molecule has 26 aromatic rings. The van der Waals surface area contributed by atoms with Gasteiger partial charge in [-0.2, -0.15) is 0 Å². The Labute approximate surface area is 817 Å². The van der Waals surface area contributed by atoms with Gasteiger partial charge in [0.05, 0.1) is 55.5 Å². The van der Waals surface area contributed by atoms with Crippen molar-refractivity contribution in [3.63, 3.8) is 0 Å². The number of hydrogen-bond donors (Lipinski definition) is 0. The quantitative estimate of drug-likeness (QED) is 0.0808. The second kappa shape index (κ2) is 33.5. The van der Waals surface area contributed by atoms with Crippen LogP contribution in [0.5, 0.6) is 0 Å². The predicted molar refractivity (Wildman–Crippen MR) is 594 cm³/mol. The van der Waals surface area contributed by atoms with Gasteiger partial charge in [-0.1, -0.05) is 299 Å². The molecule has 0 unspecified atom stereocenters. The number of anilines is 12. The maximum absolute atomic E-state index is 2.47. The van der Waals surface area contributed by atoms with Crippen molar-refractivity contribution in [2.45, 2.75) is 19.3 Å². The Morgan fingerprint density at radius 3 is 0.816 bits per heavy atom. The van der Waals surface area contributed by atoms with E-state index < -0.39 is 0 Å². The van der Waals surface area contributed by atoms with Crippen molar-refractivity contribution in [3.8, 4) is 67.3 Å². The number of fused-ring (bicyclic) bond motifs is 16. The lowest BCUT2D eigenvalue weighted by Gasteiger charge is -2.30. The van der Waals surface area contributed by atoms with Gasteiger partial charge in [-0.15, -0.1) is 0 Å². The van der Waals surface area contributed by atoms with E-state index in [0.29, 0.717) is 0 Å². The Morgan fingerprint density at radius 1 is 0.149 bits per heavy atom. The lowest BCUT2D eigenvalue weighted by molar-refractivity contribution is 0.660. The van der Waals surface area contributed by atoms with Gasteiger partial charge in [0.2, 0.25) is 0 Å². The second-order valence-corrected chi connectivity index (χ2v) is 37.6. The van der Waals surface area contributed by atoms with Gasteiger partial charge in [-0.3, -0.25) is 0 Å². The number of nitrogens with zero attached hydrogens (tertiary/aromatic N) is 8. The zero-order valence-corrected chi connectivity index (χ0v) is 77.7. The number of benzene rings is 22. The molecule has 141 heavy (non-hydrogen) atoms. The molecule has 0 spiro atoms. The first-order chi connectivity index (χ1) is 69.7. The monoisotopic (exact) mass is 1800 g/mol. The molecule has 0 fully saturated rings. The van der Waals surface area contributed by atoms with Crippen LogP contribution < -0.4 is 19.6 Å². The van der Waals surface area contributed by atoms with Gasteiger partial charge in [0.1, 0.15) is 0 Å². The number of para-hydroxylation sites is 10. The minimum absolute atomic E-state index is 0.339. The Balaban J connectivity index is 0.530. The Hall–Kier alpha value is -18.5. The molecule has 664 valence electrons. The molecule has 1 aliphatic carbocycles. The van der Waals surface area contributed by atoms with E-state index in [0.717, 1.165) is 157 Å². The van der Waals surface area contributed by atoms with E-state index in [4.69, 9.17) is 0 Å². The average molecular weight is 1800 g/mol. The SMILES string of the molecule is CC1(C)c2cc(N(c3ccccc3)c3ccccc3)ccc2-c2ccc(N(c3ccc(-c4ccc5c6ccccc6n(-c6ccccc6)c5c4)cc3)c3ccc(-n4c5ccccc5c5cc(-c6cccc(-n7c8ccccc8c8ccc(-c9ccc(N(c%10ccc(-n%11c%12ccccc%12c%12ccccc%12%11)cc%10)c%10ccc(N(c%11ccccc%11)c%11ccccc%11)c%11ccccc%10%11)cc9)cc87)c6)ccc54)cc3)cc21. The molecule has 8 heteroatoms. The molecular weight excluding hydrogens is 1710 g/mol. The normalized spacial score (nSPS) is 12.2. The van der Waals surface area contributed by atoms with Crippen LogP contribution >= 0.6 is 0 Å². The van der Waals surface area contributed by atoms with Crippen molar-refractivity contribution >= 4 is 166 Å². The second-order valence-electron chi connectivity index (χ2n) is 37.6. The molecule has 8 nitrogen and oxygen atoms in total. The van der Waals surface area contributed by atoms with Crippen LogP contribution in [0.4, 0.5) is 68.2 Å². The summed E-state index contributed by atoms with van der Waals surface area (Å²) in [5, 5.41) is 12.0. The highest BCUT2D eigenvalue weighted by Gasteiger charge is 2.38. The molecule has 4 heterocycles. The predicted octanol–water partition coefficient (Wildman–Crippen LogP) is 36.4. The summed E-state index contributed by atoms with van der Waals surface area (Å²) in [6, 6.07) is 192. The van der Waals surface area contributed by atoms with Crippen LogP contribution in [-0.4, -0.2) is 18.3 Å². The van der Waals surface area contributed by atoms with E-state index in [1.165, 1.54) is 87.4 Å². The van der Waals surface area contributed by atoms with Crippen molar-refractivity contribution in [1.82, 2.24) is 18.3 Å². The van der Waals surface area contributed by atoms with E-state index in [1.54, 1.807) is 0 Å². The van der Waals surface area contributed by atoms with Crippen molar-refractivity contribution in [2.75, 3.05) is 19.6 Å². The summed E-state index contributed by atoms with van der Waals surface area (Å²) < 4.78 is 9.71. The van der Waals surface area contributed by atoms with Crippen LogP contribution in [-0.2, 0) is 5.41 Å². The summed E-state index contributed by atoms with van der Waals surface area (Å²) >= 11 is 0. The molecule has 0 bridgehead atoms. The van der Waals surface area contributed by atoms with Gasteiger partial charge in [-0.05, 0) is 292 Å². The summed E-state index contributed by atoms with van der Waals surface area (Å²) in [4.78, 5) is 9.62. The Kier molecular flexibility index (Phi) is 19.5. The molecule has 0 radical (unpaired) electrons. The summed E-state index contributed by atoms with van der Waals surface area (Å²) in [5.74, 6) is 0. The van der Waals surface area contributed by atoms with Crippen LogP contribution in [0.3, 0.4) is 0 Å². The maximum Gasteiger partial charge on any atom is 0.0547 e. The molecule has 0 saturated heterocycles. The molecule has 27 rings (SSSR count). The highest BCUT2D eigenvalue weighted by atomic mass is 15.2. The standard InChI is InChI=1S/C133H92N8/c1-133(2)121-87-107(134(95-32-8-3-9-33-95)96-34-10-4-11-35-96)74-78-109(121)110-79-75-108(88-122(110)133)135(100-62-55-89(56-63-100)93-59-76-118-115-47-22-27-52-125(115)140(131(118)85-93)99-40-16-7-17-41-99)101-66-70-105(71-67-101)139-127-54-29-24-49-117(127)120-84-92(61-80-130(120)139)91-31-30-42-106(83-91)141-126-53-28-23-48-116(126)119-77-60-94(86-132(119)141)90-57-64-102(65-58-90)137(103-68-72-104(73-69-103)138-123-50-25-20-45-111(123)112-46-21-26-51-124(112)138)129-82-81-128(113-43-18-19-44-114(113)129)136(97-36-12-5-13-37-97)98-38-14-6-15-39-98/h3-88H,1-2H3. The fourth-order valence-electron chi connectivity index (χ4n) is 22.7. The van der Waals surface area contributed by atoms with Crippen molar-refractivity contribution in [1.29, 1.82) is 0 Å². The molecule has 1 aliphatic rings. The first kappa shape index (κ1) is 82.0. The highest BCUT2D eigenvalue weighted by Crippen LogP contribution is 2.55. The third-order valence-electron chi connectivity index (χ3n) is 29.3. The van der Waals surface area contributed by atoms with Gasteiger partial charge in [0, 0.05) is 139 Å². The molecule has 0 amide bonds. The summed E-state index contributed by atoms with van der Waals surface area (Å²) in [7, 11) is 0. The minimum Gasteiger partial charge on any atom is -0.310 e. The van der Waals surface area contributed by atoms with E-state index in [2.05, 4.69) is 573 Å². The van der Waals surface area contributed by atoms with E-state index in [1.807, 2.05) is 0 Å². The molecule has 22 aromatic carbocycles. The topological polar surface area (TPSA) is 32.7 Å². The molecule has 4 aromatic heterocycles. The van der Waals surface area contributed by atoms with Crippen molar-refractivity contribution < 1.29 is 0 Å². The highest BCUT2D eigenvalue weighted by molar-refractivity contribution is 6.15. The number of hydrogen-bond acceptors (Lipinski definition) is 4. The zero-order chi connectivity index (χ0) is 93.3. The Morgan fingerprint density at radius 2 is 0.411 bits per heavy atom. The lowest BCUT2D eigenvalue weighted by Crippen LogP contribution is -2.17. The number of aromatic nitrogens is 4. The van der Waals surface area contributed by atoms with Crippen LogP contribution in [0.2, 0.25) is 0 Å².